The summed E-state index contributed by atoms with van der Waals surface area (Å²) in [7, 11) is 0. The van der Waals surface area contributed by atoms with Crippen molar-refractivity contribution in [3.05, 3.63) is 71.0 Å². The monoisotopic (exact) mass is 240 g/mol. The minimum absolute atomic E-state index is 0.206. The van der Waals surface area contributed by atoms with Gasteiger partial charge in [0.25, 0.3) is 0 Å². The van der Waals surface area contributed by atoms with Crippen molar-refractivity contribution in [2.75, 3.05) is 0 Å². The van der Waals surface area contributed by atoms with Crippen molar-refractivity contribution in [2.24, 2.45) is 0 Å². The van der Waals surface area contributed by atoms with Gasteiger partial charge >= 0.3 is 0 Å². The van der Waals surface area contributed by atoms with E-state index < -0.39 is 5.92 Å². The molecule has 0 atom stereocenters. The molecule has 0 saturated heterocycles. The molecule has 1 aliphatic rings. The fourth-order valence-electron chi connectivity index (χ4n) is 2.30. The van der Waals surface area contributed by atoms with Gasteiger partial charge in [-0.3, -0.25) is 9.59 Å². The minimum atomic E-state index is -0.817. The van der Waals surface area contributed by atoms with E-state index >= 15 is 0 Å². The van der Waals surface area contributed by atoms with Crippen LogP contribution < -0.4 is 0 Å². The Labute approximate surface area is 103 Å². The summed E-state index contributed by atoms with van der Waals surface area (Å²) in [6.07, 6.45) is 0. The maximum Gasteiger partial charge on any atom is 0.178 e. The number of ketones is 2. The predicted molar refractivity (Wildman–Crippen MR) is 64.2 cm³/mol. The van der Waals surface area contributed by atoms with Gasteiger partial charge < -0.3 is 0 Å². The van der Waals surface area contributed by atoms with E-state index in [1.165, 1.54) is 24.3 Å². The molecule has 2 aromatic rings. The van der Waals surface area contributed by atoms with Crippen LogP contribution in [0.3, 0.4) is 0 Å². The minimum Gasteiger partial charge on any atom is -0.293 e. The summed E-state index contributed by atoms with van der Waals surface area (Å²) in [6.45, 7) is 0. The van der Waals surface area contributed by atoms with Crippen LogP contribution in [0.15, 0.2) is 48.5 Å². The van der Waals surface area contributed by atoms with Gasteiger partial charge in [0.2, 0.25) is 0 Å². The third kappa shape index (κ3) is 1.48. The highest BCUT2D eigenvalue weighted by molar-refractivity contribution is 6.29. The van der Waals surface area contributed by atoms with Crippen LogP contribution in [0.2, 0.25) is 0 Å². The van der Waals surface area contributed by atoms with Crippen LogP contribution in [0.25, 0.3) is 0 Å². The Hall–Kier alpha value is -2.29. The maximum absolute atomic E-state index is 12.9. The highest BCUT2D eigenvalue weighted by atomic mass is 19.1. The number of benzene rings is 2. The zero-order valence-corrected chi connectivity index (χ0v) is 9.39. The van der Waals surface area contributed by atoms with Gasteiger partial charge in [-0.15, -0.1) is 0 Å². The topological polar surface area (TPSA) is 34.1 Å². The number of Topliss-reactive ketones (excluding diaryl/α,β-unsaturated/α-hetero) is 2. The van der Waals surface area contributed by atoms with E-state index in [0.29, 0.717) is 16.7 Å². The fraction of sp³-hybridized carbons (Fsp3) is 0.0667. The Kier molecular flexibility index (Phi) is 2.33. The maximum atomic E-state index is 12.9. The largest absolute Gasteiger partial charge is 0.293 e. The molecule has 3 rings (SSSR count). The van der Waals surface area contributed by atoms with Crippen molar-refractivity contribution in [3.63, 3.8) is 0 Å². The van der Waals surface area contributed by atoms with Gasteiger partial charge in [0.1, 0.15) is 11.7 Å². The molecule has 2 aromatic carbocycles. The lowest BCUT2D eigenvalue weighted by atomic mass is 9.94. The Bertz CT molecular complexity index is 609. The molecule has 0 aliphatic heterocycles. The number of fused-ring (bicyclic) bond motifs is 1. The first-order chi connectivity index (χ1) is 8.68. The molecule has 0 bridgehead atoms. The van der Waals surface area contributed by atoms with Gasteiger partial charge in [0.15, 0.2) is 11.6 Å². The fourth-order valence-corrected chi connectivity index (χ4v) is 2.30. The number of carbonyl (C=O) groups excluding carboxylic acids is 2. The zero-order valence-electron chi connectivity index (χ0n) is 9.39. The van der Waals surface area contributed by atoms with Crippen LogP contribution in [0, 0.1) is 5.82 Å². The van der Waals surface area contributed by atoms with E-state index in [4.69, 9.17) is 0 Å². The van der Waals surface area contributed by atoms with Crippen LogP contribution in [0.4, 0.5) is 4.39 Å². The Balaban J connectivity index is 2.09. The average Bonchev–Trinajstić information content (AvgIpc) is 2.64. The summed E-state index contributed by atoms with van der Waals surface area (Å²) < 4.78 is 12.9. The molecule has 88 valence electrons. The van der Waals surface area contributed by atoms with Crippen LogP contribution in [0.5, 0.6) is 0 Å². The van der Waals surface area contributed by atoms with Crippen molar-refractivity contribution >= 4 is 11.6 Å². The van der Waals surface area contributed by atoms with Crippen LogP contribution in [0.1, 0.15) is 32.2 Å². The molecule has 0 N–H and O–H groups in total. The normalized spacial score (nSPS) is 14.9. The second-order valence-electron chi connectivity index (χ2n) is 4.26. The molecule has 0 unspecified atom stereocenters. The Morgan fingerprint density at radius 2 is 1.28 bits per heavy atom. The molecule has 0 aromatic heterocycles. The summed E-state index contributed by atoms with van der Waals surface area (Å²) in [4.78, 5) is 24.4. The van der Waals surface area contributed by atoms with Gasteiger partial charge in [0, 0.05) is 11.1 Å². The van der Waals surface area contributed by atoms with Gasteiger partial charge in [-0.2, -0.15) is 0 Å². The quantitative estimate of drug-likeness (QED) is 0.718. The first-order valence-corrected chi connectivity index (χ1v) is 5.61. The molecular weight excluding hydrogens is 231 g/mol. The number of hydrogen-bond acceptors (Lipinski definition) is 2. The second-order valence-corrected chi connectivity index (χ2v) is 4.26. The number of halogens is 1. The SMILES string of the molecule is O=C1c2ccccc2C(=O)C1c1ccc(F)cc1. The summed E-state index contributed by atoms with van der Waals surface area (Å²) in [5.41, 5.74) is 1.45. The van der Waals surface area contributed by atoms with E-state index in [-0.39, 0.29) is 17.4 Å². The highest BCUT2D eigenvalue weighted by Gasteiger charge is 2.39. The van der Waals surface area contributed by atoms with Crippen molar-refractivity contribution in [1.82, 2.24) is 0 Å². The molecule has 0 saturated carbocycles. The third-order valence-corrected chi connectivity index (χ3v) is 3.19. The standard InChI is InChI=1S/C15H9FO2/c16-10-7-5-9(6-8-10)13-14(17)11-3-1-2-4-12(11)15(13)18/h1-8,13H. The molecule has 0 spiro atoms. The first kappa shape index (κ1) is 10.8. The molecule has 0 fully saturated rings. The summed E-state index contributed by atoms with van der Waals surface area (Å²) in [5, 5.41) is 0. The van der Waals surface area contributed by atoms with Gasteiger partial charge in [-0.25, -0.2) is 4.39 Å². The first-order valence-electron chi connectivity index (χ1n) is 5.61. The van der Waals surface area contributed by atoms with Crippen molar-refractivity contribution < 1.29 is 14.0 Å². The molecule has 18 heavy (non-hydrogen) atoms. The lowest BCUT2D eigenvalue weighted by molar-refractivity contribution is 0.0890. The van der Waals surface area contributed by atoms with Gasteiger partial charge in [0.05, 0.1) is 0 Å². The van der Waals surface area contributed by atoms with E-state index in [2.05, 4.69) is 0 Å². The van der Waals surface area contributed by atoms with E-state index in [1.807, 2.05) is 0 Å². The molecule has 0 heterocycles. The van der Waals surface area contributed by atoms with Crippen molar-refractivity contribution in [3.8, 4) is 0 Å². The zero-order chi connectivity index (χ0) is 12.7. The van der Waals surface area contributed by atoms with Crippen molar-refractivity contribution in [1.29, 1.82) is 0 Å². The predicted octanol–water partition coefficient (Wildman–Crippen LogP) is 2.99. The average molecular weight is 240 g/mol. The molecule has 0 radical (unpaired) electrons. The second kappa shape index (κ2) is 3.88. The van der Waals surface area contributed by atoms with E-state index in [1.54, 1.807) is 24.3 Å². The van der Waals surface area contributed by atoms with Crippen LogP contribution in [-0.2, 0) is 0 Å². The Morgan fingerprint density at radius 1 is 0.778 bits per heavy atom. The van der Waals surface area contributed by atoms with E-state index in [9.17, 15) is 14.0 Å². The van der Waals surface area contributed by atoms with Gasteiger partial charge in [-0.1, -0.05) is 36.4 Å². The number of rotatable bonds is 1. The summed E-state index contributed by atoms with van der Waals surface area (Å²) in [5.74, 6) is -1.61. The smallest absolute Gasteiger partial charge is 0.178 e. The van der Waals surface area contributed by atoms with Crippen LogP contribution >= 0.6 is 0 Å². The van der Waals surface area contributed by atoms with Gasteiger partial charge in [-0.05, 0) is 17.7 Å². The molecule has 2 nitrogen and oxygen atoms in total. The summed E-state index contributed by atoms with van der Waals surface area (Å²) >= 11 is 0. The molecular formula is C15H9FO2. The highest BCUT2D eigenvalue weighted by Crippen LogP contribution is 2.33. The molecule has 3 heteroatoms. The molecule has 0 amide bonds. The van der Waals surface area contributed by atoms with Crippen LogP contribution in [-0.4, -0.2) is 11.6 Å². The number of hydrogen-bond donors (Lipinski definition) is 0. The van der Waals surface area contributed by atoms with E-state index in [0.717, 1.165) is 0 Å². The lowest BCUT2D eigenvalue weighted by Gasteiger charge is -2.06. The summed E-state index contributed by atoms with van der Waals surface area (Å²) in [6, 6.07) is 12.3. The Morgan fingerprint density at radius 3 is 1.78 bits per heavy atom. The number of carbonyl (C=O) groups is 2. The molecule has 1 aliphatic carbocycles. The third-order valence-electron chi connectivity index (χ3n) is 3.19. The van der Waals surface area contributed by atoms with Crippen molar-refractivity contribution in [2.45, 2.75) is 5.92 Å². The lowest BCUT2D eigenvalue weighted by Crippen LogP contribution is -2.12.